The van der Waals surface area contributed by atoms with Crippen LogP contribution in [0.2, 0.25) is 5.02 Å². The molecule has 4 rings (SSSR count). The van der Waals surface area contributed by atoms with Gasteiger partial charge in [-0.2, -0.15) is 4.31 Å². The van der Waals surface area contributed by atoms with E-state index in [1.165, 1.54) is 25.4 Å². The number of hydrogen-bond donors (Lipinski definition) is 1. The number of nitrogens with one attached hydrogen (secondary N) is 1. The zero-order valence-corrected chi connectivity index (χ0v) is 22.1. The van der Waals surface area contributed by atoms with Gasteiger partial charge >= 0.3 is 0 Å². The number of rotatable bonds is 6. The van der Waals surface area contributed by atoms with E-state index in [2.05, 4.69) is 5.32 Å². The van der Waals surface area contributed by atoms with E-state index in [4.69, 9.17) is 21.1 Å². The number of ether oxygens (including phenoxy) is 2. The number of carbonyl (C=O) groups excluding carboxylic acids is 2. The highest BCUT2D eigenvalue weighted by molar-refractivity contribution is 7.89. The fraction of sp³-hybridized carbons (Fsp3) is 0.440. The Kier molecular flexibility index (Phi) is 7.77. The van der Waals surface area contributed by atoms with Gasteiger partial charge in [-0.25, -0.2) is 8.42 Å². The predicted molar refractivity (Wildman–Crippen MR) is 137 cm³/mol. The summed E-state index contributed by atoms with van der Waals surface area (Å²) in [4.78, 5) is 26.9. The number of amides is 2. The van der Waals surface area contributed by atoms with E-state index in [1.54, 1.807) is 35.2 Å². The molecule has 1 N–H and O–H groups in total. The summed E-state index contributed by atoms with van der Waals surface area (Å²) in [5, 5.41) is 3.15. The SMILES string of the molecule is COc1cc(OC)c(NC(=O)[C@@H]2CCCN(S(=O)(=O)c3ccc4c(c3)CCCN4C(C)=O)C2)cc1Cl. The highest BCUT2D eigenvalue weighted by atomic mass is 35.5. The van der Waals surface area contributed by atoms with Crippen LogP contribution in [0.5, 0.6) is 11.5 Å². The first-order valence-corrected chi connectivity index (χ1v) is 13.6. The molecule has 0 aliphatic carbocycles. The van der Waals surface area contributed by atoms with Gasteiger partial charge in [0.25, 0.3) is 0 Å². The Bertz CT molecular complexity index is 1280. The molecule has 0 radical (unpaired) electrons. The number of hydrogen-bond acceptors (Lipinski definition) is 6. The van der Waals surface area contributed by atoms with Gasteiger partial charge in [0.05, 0.1) is 35.7 Å². The van der Waals surface area contributed by atoms with Crippen LogP contribution in [0.4, 0.5) is 11.4 Å². The maximum absolute atomic E-state index is 13.5. The normalized spacial score (nSPS) is 18.3. The summed E-state index contributed by atoms with van der Waals surface area (Å²) in [6.45, 7) is 2.53. The van der Waals surface area contributed by atoms with E-state index in [9.17, 15) is 18.0 Å². The molecular weight excluding hydrogens is 506 g/mol. The van der Waals surface area contributed by atoms with Crippen molar-refractivity contribution in [1.29, 1.82) is 0 Å². The highest BCUT2D eigenvalue weighted by Crippen LogP contribution is 2.37. The van der Waals surface area contributed by atoms with E-state index < -0.39 is 15.9 Å². The third-order valence-corrected chi connectivity index (χ3v) is 8.83. The van der Waals surface area contributed by atoms with Crippen LogP contribution >= 0.6 is 11.6 Å². The second kappa shape index (κ2) is 10.7. The van der Waals surface area contributed by atoms with Crippen LogP contribution in [0.15, 0.2) is 35.2 Å². The number of piperidine rings is 1. The van der Waals surface area contributed by atoms with Crippen LogP contribution in [-0.4, -0.2) is 58.4 Å². The Morgan fingerprint density at radius 3 is 2.50 bits per heavy atom. The minimum Gasteiger partial charge on any atom is -0.495 e. The summed E-state index contributed by atoms with van der Waals surface area (Å²) < 4.78 is 38.9. The smallest absolute Gasteiger partial charge is 0.243 e. The molecule has 1 atom stereocenters. The minimum atomic E-state index is -3.81. The molecule has 0 spiro atoms. The predicted octanol–water partition coefficient (Wildman–Crippen LogP) is 3.70. The monoisotopic (exact) mass is 535 g/mol. The van der Waals surface area contributed by atoms with Gasteiger partial charge in [0.2, 0.25) is 21.8 Å². The lowest BCUT2D eigenvalue weighted by molar-refractivity contribution is -0.121. The van der Waals surface area contributed by atoms with Crippen molar-refractivity contribution in [2.24, 2.45) is 5.92 Å². The molecule has 2 amide bonds. The molecule has 0 unspecified atom stereocenters. The van der Waals surface area contributed by atoms with Crippen LogP contribution in [0.1, 0.15) is 31.7 Å². The van der Waals surface area contributed by atoms with Crippen LogP contribution in [-0.2, 0) is 26.0 Å². The average Bonchev–Trinajstić information content (AvgIpc) is 2.88. The lowest BCUT2D eigenvalue weighted by atomic mass is 9.98. The first-order chi connectivity index (χ1) is 17.1. The topological polar surface area (TPSA) is 105 Å². The van der Waals surface area contributed by atoms with E-state index in [1.807, 2.05) is 0 Å². The molecule has 2 aliphatic heterocycles. The number of nitrogens with zero attached hydrogens (tertiary/aromatic N) is 2. The van der Waals surface area contributed by atoms with Crippen LogP contribution in [0.3, 0.4) is 0 Å². The molecule has 36 heavy (non-hydrogen) atoms. The van der Waals surface area contributed by atoms with Crippen molar-refractivity contribution in [2.45, 2.75) is 37.5 Å². The molecule has 0 saturated carbocycles. The van der Waals surface area contributed by atoms with Crippen LogP contribution in [0, 0.1) is 5.92 Å². The lowest BCUT2D eigenvalue weighted by Crippen LogP contribution is -2.43. The molecule has 1 fully saturated rings. The highest BCUT2D eigenvalue weighted by Gasteiger charge is 2.34. The number of aryl methyl sites for hydroxylation is 1. The number of halogens is 1. The summed E-state index contributed by atoms with van der Waals surface area (Å²) in [5.74, 6) is -0.107. The van der Waals surface area contributed by atoms with Crippen molar-refractivity contribution in [1.82, 2.24) is 4.31 Å². The van der Waals surface area contributed by atoms with Crippen LogP contribution in [0.25, 0.3) is 0 Å². The maximum atomic E-state index is 13.5. The van der Waals surface area contributed by atoms with Crippen molar-refractivity contribution >= 4 is 44.8 Å². The van der Waals surface area contributed by atoms with E-state index >= 15 is 0 Å². The summed E-state index contributed by atoms with van der Waals surface area (Å²) >= 11 is 6.21. The summed E-state index contributed by atoms with van der Waals surface area (Å²) in [5.41, 5.74) is 1.99. The molecule has 2 aromatic carbocycles. The van der Waals surface area contributed by atoms with E-state index in [-0.39, 0.29) is 23.3 Å². The van der Waals surface area contributed by atoms with Crippen molar-refractivity contribution < 1.29 is 27.5 Å². The van der Waals surface area contributed by atoms with E-state index in [0.29, 0.717) is 54.6 Å². The summed E-state index contributed by atoms with van der Waals surface area (Å²) in [6, 6.07) is 8.04. The van der Waals surface area contributed by atoms with Crippen molar-refractivity contribution in [3.8, 4) is 11.5 Å². The largest absolute Gasteiger partial charge is 0.495 e. The fourth-order valence-corrected chi connectivity index (χ4v) is 6.59. The average molecular weight is 536 g/mol. The molecule has 2 aliphatic rings. The molecule has 11 heteroatoms. The molecule has 2 aromatic rings. The lowest BCUT2D eigenvalue weighted by Gasteiger charge is -2.32. The van der Waals surface area contributed by atoms with E-state index in [0.717, 1.165) is 17.7 Å². The number of sulfonamides is 1. The van der Waals surface area contributed by atoms with Gasteiger partial charge < -0.3 is 19.7 Å². The van der Waals surface area contributed by atoms with Crippen molar-refractivity contribution in [3.63, 3.8) is 0 Å². The summed E-state index contributed by atoms with van der Waals surface area (Å²) in [7, 11) is -0.856. The Hall–Kier alpha value is -2.82. The van der Waals surface area contributed by atoms with Gasteiger partial charge in [0.1, 0.15) is 11.5 Å². The van der Waals surface area contributed by atoms with Gasteiger partial charge in [-0.05, 0) is 55.5 Å². The standard InChI is InChI=1S/C25H30ClN3O6S/c1-16(30)29-11-5-6-17-12-19(8-9-22(17)29)36(32,33)28-10-4-7-18(15-28)25(31)27-21-13-20(26)23(34-2)14-24(21)35-3/h8-9,12-14,18H,4-7,10-11,15H2,1-3H3,(H,27,31)/t18-/m1/s1. The quantitative estimate of drug-likeness (QED) is 0.604. The first-order valence-electron chi connectivity index (χ1n) is 11.8. The van der Waals surface area contributed by atoms with Gasteiger partial charge in [-0.15, -0.1) is 0 Å². The maximum Gasteiger partial charge on any atom is 0.243 e. The third kappa shape index (κ3) is 5.16. The molecule has 194 valence electrons. The zero-order chi connectivity index (χ0) is 26.0. The molecule has 1 saturated heterocycles. The number of fused-ring (bicyclic) bond motifs is 1. The molecule has 0 bridgehead atoms. The van der Waals surface area contributed by atoms with Gasteiger partial charge in [-0.3, -0.25) is 9.59 Å². The second-order valence-corrected chi connectivity index (χ2v) is 11.3. The van der Waals surface area contributed by atoms with Gasteiger partial charge in [-0.1, -0.05) is 11.6 Å². The van der Waals surface area contributed by atoms with Crippen molar-refractivity contribution in [2.75, 3.05) is 44.1 Å². The number of benzene rings is 2. The minimum absolute atomic E-state index is 0.0637. The first kappa shape index (κ1) is 26.2. The van der Waals surface area contributed by atoms with Crippen LogP contribution < -0.4 is 19.7 Å². The Morgan fingerprint density at radius 2 is 1.81 bits per heavy atom. The second-order valence-electron chi connectivity index (χ2n) is 8.94. The molecular formula is C25H30ClN3O6S. The van der Waals surface area contributed by atoms with Gasteiger partial charge in [0, 0.05) is 38.3 Å². The molecule has 2 heterocycles. The Balaban J connectivity index is 1.52. The number of carbonyl (C=O) groups is 2. The molecule has 9 nitrogen and oxygen atoms in total. The Labute approximate surface area is 216 Å². The third-order valence-electron chi connectivity index (χ3n) is 6.67. The fourth-order valence-electron chi connectivity index (χ4n) is 4.78. The summed E-state index contributed by atoms with van der Waals surface area (Å²) in [6.07, 6.45) is 2.60. The zero-order valence-electron chi connectivity index (χ0n) is 20.5. The van der Waals surface area contributed by atoms with Gasteiger partial charge in [0.15, 0.2) is 0 Å². The molecule has 0 aromatic heterocycles. The Morgan fingerprint density at radius 1 is 1.06 bits per heavy atom. The number of anilines is 2. The van der Waals surface area contributed by atoms with Crippen molar-refractivity contribution in [3.05, 3.63) is 40.9 Å². The number of methoxy groups -OCH3 is 2.